The summed E-state index contributed by atoms with van der Waals surface area (Å²) in [4.78, 5) is 25.5. The van der Waals surface area contributed by atoms with Crippen LogP contribution in [0.15, 0.2) is 18.2 Å². The zero-order valence-corrected chi connectivity index (χ0v) is 13.3. The van der Waals surface area contributed by atoms with E-state index in [0.717, 1.165) is 5.56 Å². The molecule has 0 spiro atoms. The molecule has 0 fully saturated rings. The summed E-state index contributed by atoms with van der Waals surface area (Å²) in [7, 11) is 5.14. The predicted molar refractivity (Wildman–Crippen MR) is 84.7 cm³/mol. The number of nitrogens with one attached hydrogen (secondary N) is 3. The van der Waals surface area contributed by atoms with Crippen LogP contribution in [0.25, 0.3) is 0 Å². The Labute approximate surface area is 125 Å². The van der Waals surface area contributed by atoms with E-state index < -0.39 is 0 Å². The molecular weight excluding hydrogens is 268 g/mol. The van der Waals surface area contributed by atoms with Gasteiger partial charge in [-0.15, -0.1) is 0 Å². The molecule has 1 aromatic carbocycles. The second-order valence-corrected chi connectivity index (χ2v) is 5.27. The average Bonchev–Trinajstić information content (AvgIpc) is 2.45. The molecule has 0 bridgehead atoms. The minimum atomic E-state index is -0.267. The topological polar surface area (TPSA) is 73.5 Å². The molecule has 0 heterocycles. The average molecular weight is 292 g/mol. The van der Waals surface area contributed by atoms with Crippen molar-refractivity contribution in [1.82, 2.24) is 15.5 Å². The number of nitrogens with zero attached hydrogens (tertiary/aromatic N) is 1. The fourth-order valence-corrected chi connectivity index (χ4v) is 1.63. The second-order valence-electron chi connectivity index (χ2n) is 5.27. The van der Waals surface area contributed by atoms with Gasteiger partial charge in [0, 0.05) is 26.7 Å². The normalized spacial score (nSPS) is 11.7. The van der Waals surface area contributed by atoms with Gasteiger partial charge < -0.3 is 20.9 Å². The maximum absolute atomic E-state index is 12.3. The third-order valence-corrected chi connectivity index (χ3v) is 3.13. The minimum Gasteiger partial charge on any atom is -0.350 e. The van der Waals surface area contributed by atoms with Crippen LogP contribution in [0.3, 0.4) is 0 Å². The van der Waals surface area contributed by atoms with Crippen LogP contribution in [0, 0.1) is 6.92 Å². The summed E-state index contributed by atoms with van der Waals surface area (Å²) in [5, 5.41) is 8.64. The SMILES string of the molecule is CNC(C)CNC(=O)c1cc(C)ccc1NC(=O)N(C)C. The molecule has 3 amide bonds. The van der Waals surface area contributed by atoms with Crippen LogP contribution in [0.2, 0.25) is 0 Å². The highest BCUT2D eigenvalue weighted by molar-refractivity contribution is 6.03. The molecule has 0 saturated heterocycles. The molecule has 0 aromatic heterocycles. The Balaban J connectivity index is 2.91. The Kier molecular flexibility index (Phi) is 6.17. The fraction of sp³-hybridized carbons (Fsp3) is 0.467. The molecule has 1 unspecified atom stereocenters. The van der Waals surface area contributed by atoms with Crippen LogP contribution >= 0.6 is 0 Å². The van der Waals surface area contributed by atoms with Gasteiger partial charge in [-0.25, -0.2) is 4.79 Å². The zero-order valence-electron chi connectivity index (χ0n) is 13.3. The second kappa shape index (κ2) is 7.64. The molecule has 21 heavy (non-hydrogen) atoms. The van der Waals surface area contributed by atoms with E-state index in [1.165, 1.54) is 4.90 Å². The van der Waals surface area contributed by atoms with Crippen LogP contribution in [0.5, 0.6) is 0 Å². The van der Waals surface area contributed by atoms with E-state index >= 15 is 0 Å². The lowest BCUT2D eigenvalue weighted by Gasteiger charge is -2.16. The van der Waals surface area contributed by atoms with Crippen LogP contribution in [-0.4, -0.2) is 50.6 Å². The molecule has 0 aliphatic rings. The number of hydrogen-bond donors (Lipinski definition) is 3. The van der Waals surface area contributed by atoms with Gasteiger partial charge in [-0.05, 0) is 33.0 Å². The van der Waals surface area contributed by atoms with E-state index in [0.29, 0.717) is 17.8 Å². The highest BCUT2D eigenvalue weighted by Crippen LogP contribution is 2.17. The Morgan fingerprint density at radius 3 is 2.52 bits per heavy atom. The molecule has 3 N–H and O–H groups in total. The molecule has 0 aliphatic carbocycles. The molecular formula is C15H24N4O2. The van der Waals surface area contributed by atoms with Gasteiger partial charge in [0.25, 0.3) is 5.91 Å². The van der Waals surface area contributed by atoms with Crippen molar-refractivity contribution in [3.05, 3.63) is 29.3 Å². The van der Waals surface area contributed by atoms with Gasteiger partial charge in [0.15, 0.2) is 0 Å². The lowest BCUT2D eigenvalue weighted by Crippen LogP contribution is -2.37. The van der Waals surface area contributed by atoms with Gasteiger partial charge in [0.1, 0.15) is 0 Å². The highest BCUT2D eigenvalue weighted by Gasteiger charge is 2.15. The third-order valence-electron chi connectivity index (χ3n) is 3.13. The molecule has 0 saturated carbocycles. The number of aryl methyl sites for hydroxylation is 1. The number of urea groups is 1. The number of rotatable bonds is 5. The standard InChI is InChI=1S/C15H24N4O2/c1-10-6-7-13(18-15(21)19(4)5)12(8-10)14(20)17-9-11(2)16-3/h6-8,11,16H,9H2,1-5H3,(H,17,20)(H,18,21). The summed E-state index contributed by atoms with van der Waals surface area (Å²) in [6, 6.07) is 5.28. The summed E-state index contributed by atoms with van der Waals surface area (Å²) in [5.41, 5.74) is 1.94. The quantitative estimate of drug-likeness (QED) is 0.768. The van der Waals surface area contributed by atoms with Crippen molar-refractivity contribution in [3.63, 3.8) is 0 Å². The molecule has 116 valence electrons. The van der Waals surface area contributed by atoms with E-state index in [1.807, 2.05) is 27.0 Å². The number of anilines is 1. The Morgan fingerprint density at radius 2 is 1.95 bits per heavy atom. The first-order valence-electron chi connectivity index (χ1n) is 6.89. The van der Waals surface area contributed by atoms with Gasteiger partial charge >= 0.3 is 6.03 Å². The van der Waals surface area contributed by atoms with E-state index in [-0.39, 0.29) is 18.0 Å². The van der Waals surface area contributed by atoms with E-state index in [2.05, 4.69) is 16.0 Å². The molecule has 6 nitrogen and oxygen atoms in total. The fourth-order valence-electron chi connectivity index (χ4n) is 1.63. The van der Waals surface area contributed by atoms with E-state index in [1.54, 1.807) is 26.2 Å². The van der Waals surface area contributed by atoms with Crippen LogP contribution < -0.4 is 16.0 Å². The lowest BCUT2D eigenvalue weighted by atomic mass is 10.1. The maximum atomic E-state index is 12.3. The Bertz CT molecular complexity index is 514. The molecule has 0 aliphatic heterocycles. The minimum absolute atomic E-state index is 0.179. The van der Waals surface area contributed by atoms with E-state index in [9.17, 15) is 9.59 Å². The number of carbonyl (C=O) groups excluding carboxylic acids is 2. The van der Waals surface area contributed by atoms with Crippen molar-refractivity contribution >= 4 is 17.6 Å². The smallest absolute Gasteiger partial charge is 0.321 e. The van der Waals surface area contributed by atoms with Crippen molar-refractivity contribution in [1.29, 1.82) is 0 Å². The Morgan fingerprint density at radius 1 is 1.29 bits per heavy atom. The van der Waals surface area contributed by atoms with Gasteiger partial charge in [-0.1, -0.05) is 11.6 Å². The molecule has 1 aromatic rings. The van der Waals surface area contributed by atoms with Gasteiger partial charge in [0.2, 0.25) is 0 Å². The number of likely N-dealkylation sites (N-methyl/N-ethyl adjacent to an activating group) is 1. The number of hydrogen-bond acceptors (Lipinski definition) is 3. The summed E-state index contributed by atoms with van der Waals surface area (Å²) < 4.78 is 0. The summed E-state index contributed by atoms with van der Waals surface area (Å²) in [6.45, 7) is 4.40. The van der Waals surface area contributed by atoms with Gasteiger partial charge in [0.05, 0.1) is 11.3 Å². The zero-order chi connectivity index (χ0) is 16.0. The van der Waals surface area contributed by atoms with E-state index in [4.69, 9.17) is 0 Å². The van der Waals surface area contributed by atoms with Gasteiger partial charge in [-0.2, -0.15) is 0 Å². The largest absolute Gasteiger partial charge is 0.350 e. The number of benzene rings is 1. The van der Waals surface area contributed by atoms with Crippen LogP contribution in [0.1, 0.15) is 22.8 Å². The van der Waals surface area contributed by atoms with Crippen LogP contribution in [-0.2, 0) is 0 Å². The maximum Gasteiger partial charge on any atom is 0.321 e. The van der Waals surface area contributed by atoms with Crippen molar-refractivity contribution in [2.24, 2.45) is 0 Å². The molecule has 1 atom stereocenters. The first kappa shape index (κ1) is 17.0. The monoisotopic (exact) mass is 292 g/mol. The van der Waals surface area contributed by atoms with Crippen molar-refractivity contribution in [2.75, 3.05) is 33.0 Å². The predicted octanol–water partition coefficient (Wildman–Crippen LogP) is 1.43. The Hall–Kier alpha value is -2.08. The first-order valence-corrected chi connectivity index (χ1v) is 6.89. The van der Waals surface area contributed by atoms with Gasteiger partial charge in [-0.3, -0.25) is 4.79 Å². The summed E-state index contributed by atoms with van der Waals surface area (Å²) in [5.74, 6) is -0.199. The highest BCUT2D eigenvalue weighted by atomic mass is 16.2. The third kappa shape index (κ3) is 5.07. The molecule has 1 rings (SSSR count). The molecule has 0 radical (unpaired) electrons. The number of amides is 3. The van der Waals surface area contributed by atoms with Crippen molar-refractivity contribution in [3.8, 4) is 0 Å². The van der Waals surface area contributed by atoms with Crippen LogP contribution in [0.4, 0.5) is 10.5 Å². The first-order chi connectivity index (χ1) is 9.85. The molecule has 6 heteroatoms. The number of carbonyl (C=O) groups is 2. The van der Waals surface area contributed by atoms with Crippen molar-refractivity contribution < 1.29 is 9.59 Å². The lowest BCUT2D eigenvalue weighted by molar-refractivity contribution is 0.0951. The summed E-state index contributed by atoms with van der Waals surface area (Å²) in [6.07, 6.45) is 0. The summed E-state index contributed by atoms with van der Waals surface area (Å²) >= 11 is 0. The van der Waals surface area contributed by atoms with Crippen molar-refractivity contribution in [2.45, 2.75) is 19.9 Å².